The third-order valence-corrected chi connectivity index (χ3v) is 11.1. The number of nitrogens with two attached hydrogens (primary N) is 4. The molecule has 4 aliphatic rings. The highest BCUT2D eigenvalue weighted by Crippen LogP contribution is 2.48. The first-order valence-corrected chi connectivity index (χ1v) is 18.6. The summed E-state index contributed by atoms with van der Waals surface area (Å²) in [5.41, 5.74) is 23.5. The second-order valence-electron chi connectivity index (χ2n) is 13.7. The Bertz CT molecular complexity index is 1710. The molecular weight excluding hydrogens is 767 g/mol. The number of aliphatic hydroxyl groups is 8. The number of aromatic nitrogens is 4. The van der Waals surface area contributed by atoms with Crippen LogP contribution in [0, 0.1) is 0 Å². The molecule has 312 valence electrons. The molecule has 0 radical (unpaired) electrons. The molecule has 1 saturated carbocycles. The molecule has 18 N–H and O–H groups in total. The maximum atomic E-state index is 13.1. The van der Waals surface area contributed by atoms with Crippen LogP contribution in [0.5, 0.6) is 0 Å². The zero-order valence-electron chi connectivity index (χ0n) is 28.8. The topological polar surface area (TPSA) is 431 Å². The molecule has 4 fully saturated rings. The summed E-state index contributed by atoms with van der Waals surface area (Å²) >= 11 is 0. The summed E-state index contributed by atoms with van der Waals surface area (Å²) in [6.45, 7) is -1.99. The molecule has 55 heavy (non-hydrogen) atoms. The summed E-state index contributed by atoms with van der Waals surface area (Å²) in [6, 6.07) is -3.27. The minimum absolute atomic E-state index is 0.0203. The van der Waals surface area contributed by atoms with Crippen LogP contribution in [0.2, 0.25) is 0 Å². The SMILES string of the molecule is NC[C@H]1O[C@H](O[C@H]2[C@H](O)[C@@H](O[C@H]3O[C@H](CO)[C@@H](O)[C@H](N)[C@H]3O)[C@H](N)C[C@@H]2N)[C@H](O)[C@@H](O)[C@@H]1OP(=O)(O)OC[C@H]1O[C@@H](n2cnc3c(=O)[nH]cnc32)[C@H](O)[C@@H]1O. The van der Waals surface area contributed by atoms with Gasteiger partial charge in [0.15, 0.2) is 30.0 Å². The minimum Gasteiger partial charge on any atom is -0.394 e. The van der Waals surface area contributed by atoms with Crippen molar-refractivity contribution in [1.82, 2.24) is 19.5 Å². The lowest BCUT2D eigenvalue weighted by molar-refractivity contribution is -0.331. The molecule has 20 atom stereocenters. The lowest BCUT2D eigenvalue weighted by Gasteiger charge is -2.48. The Balaban J connectivity index is 1.07. The minimum atomic E-state index is -5.19. The van der Waals surface area contributed by atoms with Gasteiger partial charge in [-0.1, -0.05) is 0 Å². The van der Waals surface area contributed by atoms with Crippen molar-refractivity contribution in [3.8, 4) is 0 Å². The number of hydrogen-bond donors (Lipinski definition) is 14. The molecule has 3 saturated heterocycles. The molecule has 5 heterocycles. The summed E-state index contributed by atoms with van der Waals surface area (Å²) in [5.74, 6) is 0. The van der Waals surface area contributed by atoms with Crippen molar-refractivity contribution in [1.29, 1.82) is 0 Å². The van der Waals surface area contributed by atoms with Crippen molar-refractivity contribution >= 4 is 19.0 Å². The van der Waals surface area contributed by atoms with Crippen molar-refractivity contribution < 1.29 is 83.0 Å². The van der Waals surface area contributed by atoms with Gasteiger partial charge in [-0.15, -0.1) is 0 Å². The van der Waals surface area contributed by atoms with Crippen molar-refractivity contribution in [2.75, 3.05) is 19.8 Å². The number of imidazole rings is 1. The first-order chi connectivity index (χ1) is 26.0. The van der Waals surface area contributed by atoms with Gasteiger partial charge in [0.25, 0.3) is 5.56 Å². The average molecular weight is 815 g/mol. The van der Waals surface area contributed by atoms with E-state index < -0.39 is 149 Å². The van der Waals surface area contributed by atoms with Crippen LogP contribution >= 0.6 is 7.82 Å². The summed E-state index contributed by atoms with van der Waals surface area (Å²) in [6.07, 6.45) is -23.2. The van der Waals surface area contributed by atoms with Crippen molar-refractivity contribution in [2.45, 2.75) is 123 Å². The second kappa shape index (κ2) is 16.9. The highest BCUT2D eigenvalue weighted by Gasteiger charge is 2.53. The molecule has 0 spiro atoms. The number of H-pyrrole nitrogens is 1. The number of rotatable bonds is 12. The van der Waals surface area contributed by atoms with Gasteiger partial charge >= 0.3 is 7.82 Å². The highest BCUT2D eigenvalue weighted by atomic mass is 31.2. The predicted molar refractivity (Wildman–Crippen MR) is 177 cm³/mol. The Labute approximate surface area is 310 Å². The molecule has 0 amide bonds. The first kappa shape index (κ1) is 42.4. The van der Waals surface area contributed by atoms with Crippen LogP contribution in [0.3, 0.4) is 0 Å². The summed E-state index contributed by atoms with van der Waals surface area (Å²) in [5, 5.41) is 84.7. The van der Waals surface area contributed by atoms with E-state index in [1.54, 1.807) is 0 Å². The second-order valence-corrected chi connectivity index (χ2v) is 15.1. The number of ether oxygens (including phenoxy) is 5. The van der Waals surface area contributed by atoms with E-state index in [0.29, 0.717) is 0 Å². The molecule has 1 unspecified atom stereocenters. The summed E-state index contributed by atoms with van der Waals surface area (Å²) < 4.78 is 52.8. The number of nitrogens with zero attached hydrogens (tertiary/aromatic N) is 3. The highest BCUT2D eigenvalue weighted by molar-refractivity contribution is 7.47. The quantitative estimate of drug-likeness (QED) is 0.0885. The van der Waals surface area contributed by atoms with Gasteiger partial charge in [-0.05, 0) is 6.42 Å². The predicted octanol–water partition coefficient (Wildman–Crippen LogP) is -8.40. The lowest BCUT2D eigenvalue weighted by Crippen LogP contribution is -2.68. The Morgan fingerprint density at radius 3 is 2.09 bits per heavy atom. The number of hydrogen-bond acceptors (Lipinski definition) is 23. The standard InChI is InChI=1S/C28H47N8O18P/c29-2-9-23(54-55(46,47)48-4-11-15(39)18(42)26(49-11)36-6-35-13-24(36)33-5-34-25(13)45)17(41)19(43)28(50-9)53-22-8(31)1-7(30)21(20(22)44)52-27-16(40)12(32)14(38)10(3-37)51-27/h5-12,14-23,26-28,37-44H,1-4,29-32H2,(H,46,47)(H,33,34,45)/t7-,8+,9-,10-,11-,12+,14-,15-,16-,17-,18-,19-,20-,21+,22-,23-,26-,27-,28-/m1/s1. The first-order valence-electron chi connectivity index (χ1n) is 17.1. The fourth-order valence-corrected chi connectivity index (χ4v) is 7.98. The van der Waals surface area contributed by atoms with Gasteiger partial charge < -0.3 is 97.3 Å². The molecule has 0 bridgehead atoms. The Kier molecular flexibility index (Phi) is 13.1. The smallest absolute Gasteiger partial charge is 0.394 e. The molecular formula is C28H47N8O18P. The maximum absolute atomic E-state index is 13.1. The van der Waals surface area contributed by atoms with Gasteiger partial charge in [0.1, 0.15) is 79.4 Å². The van der Waals surface area contributed by atoms with E-state index in [-0.39, 0.29) is 17.6 Å². The molecule has 0 aromatic carbocycles. The molecule has 2 aromatic heterocycles. The molecule has 2 aromatic rings. The van der Waals surface area contributed by atoms with E-state index in [1.165, 1.54) is 4.57 Å². The monoisotopic (exact) mass is 814 g/mol. The van der Waals surface area contributed by atoms with Crippen molar-refractivity contribution in [3.05, 3.63) is 23.0 Å². The molecule has 27 heteroatoms. The average Bonchev–Trinajstić information content (AvgIpc) is 3.70. The number of phosphoric ester groups is 1. The van der Waals surface area contributed by atoms with Gasteiger partial charge in [-0.25, -0.2) is 14.5 Å². The maximum Gasteiger partial charge on any atom is 0.472 e. The van der Waals surface area contributed by atoms with E-state index in [9.17, 15) is 55.1 Å². The lowest BCUT2D eigenvalue weighted by atomic mass is 9.84. The van der Waals surface area contributed by atoms with Crippen LogP contribution in [0.4, 0.5) is 0 Å². The van der Waals surface area contributed by atoms with E-state index >= 15 is 0 Å². The largest absolute Gasteiger partial charge is 0.472 e. The zero-order chi connectivity index (χ0) is 40.1. The van der Waals surface area contributed by atoms with Crippen LogP contribution < -0.4 is 28.5 Å². The number of aliphatic hydroxyl groups excluding tert-OH is 8. The molecule has 3 aliphatic heterocycles. The van der Waals surface area contributed by atoms with E-state index in [4.69, 9.17) is 55.7 Å². The van der Waals surface area contributed by atoms with Crippen LogP contribution in [0.25, 0.3) is 11.2 Å². The number of fused-ring (bicyclic) bond motifs is 1. The van der Waals surface area contributed by atoms with Gasteiger partial charge in [0.2, 0.25) is 0 Å². The third-order valence-electron chi connectivity index (χ3n) is 10.1. The van der Waals surface area contributed by atoms with Crippen molar-refractivity contribution in [2.24, 2.45) is 22.9 Å². The van der Waals surface area contributed by atoms with Crippen LogP contribution in [0.1, 0.15) is 12.6 Å². The number of nitrogens with one attached hydrogen (secondary N) is 1. The van der Waals surface area contributed by atoms with Gasteiger partial charge in [-0.3, -0.25) is 18.4 Å². The molecule has 1 aliphatic carbocycles. The number of phosphoric acid groups is 1. The van der Waals surface area contributed by atoms with Gasteiger partial charge in [0.05, 0.1) is 31.9 Å². The van der Waals surface area contributed by atoms with E-state index in [2.05, 4.69) is 15.0 Å². The zero-order valence-corrected chi connectivity index (χ0v) is 29.6. The van der Waals surface area contributed by atoms with Crippen LogP contribution in [-0.2, 0) is 37.3 Å². The van der Waals surface area contributed by atoms with Gasteiger partial charge in [0, 0.05) is 18.6 Å². The Morgan fingerprint density at radius 2 is 1.45 bits per heavy atom. The van der Waals surface area contributed by atoms with E-state index in [0.717, 1.165) is 12.7 Å². The molecule has 26 nitrogen and oxygen atoms in total. The normalized spacial score (nSPS) is 45.1. The Hall–Kier alpha value is -2.22. The van der Waals surface area contributed by atoms with Crippen LogP contribution in [-0.4, -0.2) is 195 Å². The Morgan fingerprint density at radius 1 is 0.818 bits per heavy atom. The summed E-state index contributed by atoms with van der Waals surface area (Å²) in [4.78, 5) is 32.9. The van der Waals surface area contributed by atoms with Crippen LogP contribution in [0.15, 0.2) is 17.4 Å². The fraction of sp³-hybridized carbons (Fsp3) is 0.821. The fourth-order valence-electron chi connectivity index (χ4n) is 7.01. The number of aromatic amines is 1. The van der Waals surface area contributed by atoms with E-state index in [1.807, 2.05) is 0 Å². The summed E-state index contributed by atoms with van der Waals surface area (Å²) in [7, 11) is -5.19. The molecule has 6 rings (SSSR count). The third kappa shape index (κ3) is 8.37. The van der Waals surface area contributed by atoms with Gasteiger partial charge in [-0.2, -0.15) is 0 Å². The van der Waals surface area contributed by atoms with Crippen molar-refractivity contribution in [3.63, 3.8) is 0 Å².